The first kappa shape index (κ1) is 12.1. The third-order valence-corrected chi connectivity index (χ3v) is 2.64. The standard InChI is InChI=1S/C12H16N6/c1-17(7-9-6-16-18(2)8-9)10-3-4-15-11(5-10)12(13)14/h3-6,8H,7H2,1-2H3,(H3,13,14). The van der Waals surface area contributed by atoms with Gasteiger partial charge >= 0.3 is 0 Å². The Morgan fingerprint density at radius 2 is 2.33 bits per heavy atom. The molecule has 0 atom stereocenters. The van der Waals surface area contributed by atoms with Crippen LogP contribution in [0.5, 0.6) is 0 Å². The van der Waals surface area contributed by atoms with Gasteiger partial charge in [0.15, 0.2) is 0 Å². The molecule has 0 radical (unpaired) electrons. The molecule has 18 heavy (non-hydrogen) atoms. The van der Waals surface area contributed by atoms with Crippen LogP contribution in [0, 0.1) is 5.41 Å². The molecule has 0 spiro atoms. The van der Waals surface area contributed by atoms with Crippen molar-refractivity contribution in [3.8, 4) is 0 Å². The Kier molecular flexibility index (Phi) is 3.27. The second kappa shape index (κ2) is 4.87. The molecule has 0 amide bonds. The Morgan fingerprint density at radius 3 is 2.94 bits per heavy atom. The summed E-state index contributed by atoms with van der Waals surface area (Å²) >= 11 is 0. The highest BCUT2D eigenvalue weighted by molar-refractivity contribution is 5.93. The van der Waals surface area contributed by atoms with E-state index in [1.807, 2.05) is 32.6 Å². The van der Waals surface area contributed by atoms with Crippen LogP contribution < -0.4 is 10.6 Å². The highest BCUT2D eigenvalue weighted by atomic mass is 15.2. The lowest BCUT2D eigenvalue weighted by molar-refractivity contribution is 0.766. The third kappa shape index (κ3) is 2.65. The quantitative estimate of drug-likeness (QED) is 0.613. The SMILES string of the molecule is CN(Cc1cnn(C)c1)c1ccnc(C(=N)N)c1. The third-order valence-electron chi connectivity index (χ3n) is 2.64. The second-order valence-corrected chi connectivity index (χ2v) is 4.19. The van der Waals surface area contributed by atoms with Gasteiger partial charge in [-0.05, 0) is 12.1 Å². The largest absolute Gasteiger partial charge is 0.382 e. The first-order chi connectivity index (χ1) is 8.56. The van der Waals surface area contributed by atoms with Crippen molar-refractivity contribution < 1.29 is 0 Å². The average Bonchev–Trinajstić information content (AvgIpc) is 2.75. The van der Waals surface area contributed by atoms with E-state index >= 15 is 0 Å². The molecule has 2 rings (SSSR count). The highest BCUT2D eigenvalue weighted by Crippen LogP contribution is 2.15. The van der Waals surface area contributed by atoms with Gasteiger partial charge in [0, 0.05) is 44.3 Å². The Labute approximate surface area is 106 Å². The van der Waals surface area contributed by atoms with Crippen molar-refractivity contribution in [2.45, 2.75) is 6.54 Å². The lowest BCUT2D eigenvalue weighted by atomic mass is 10.2. The second-order valence-electron chi connectivity index (χ2n) is 4.19. The fraction of sp³-hybridized carbons (Fsp3) is 0.250. The Morgan fingerprint density at radius 1 is 1.56 bits per heavy atom. The molecule has 0 aliphatic carbocycles. The van der Waals surface area contributed by atoms with Crippen molar-refractivity contribution in [3.63, 3.8) is 0 Å². The predicted octanol–water partition coefficient (Wildman–Crippen LogP) is 0.736. The molecule has 0 aliphatic rings. The normalized spacial score (nSPS) is 10.3. The summed E-state index contributed by atoms with van der Waals surface area (Å²) in [6.07, 6.45) is 5.47. The minimum Gasteiger partial charge on any atom is -0.382 e. The minimum absolute atomic E-state index is 0.0216. The monoisotopic (exact) mass is 244 g/mol. The summed E-state index contributed by atoms with van der Waals surface area (Å²) in [5.74, 6) is -0.0216. The number of amidine groups is 1. The molecule has 6 heteroatoms. The Bertz CT molecular complexity index is 559. The average molecular weight is 244 g/mol. The van der Waals surface area contributed by atoms with E-state index in [-0.39, 0.29) is 5.84 Å². The van der Waals surface area contributed by atoms with Crippen LogP contribution in [0.25, 0.3) is 0 Å². The van der Waals surface area contributed by atoms with E-state index in [0.29, 0.717) is 5.69 Å². The first-order valence-electron chi connectivity index (χ1n) is 5.55. The highest BCUT2D eigenvalue weighted by Gasteiger charge is 2.06. The molecule has 6 nitrogen and oxygen atoms in total. The number of pyridine rings is 1. The van der Waals surface area contributed by atoms with Gasteiger partial charge in [-0.25, -0.2) is 0 Å². The molecule has 0 saturated heterocycles. The van der Waals surface area contributed by atoms with Gasteiger partial charge in [0.1, 0.15) is 11.5 Å². The lowest BCUT2D eigenvalue weighted by Crippen LogP contribution is -2.18. The van der Waals surface area contributed by atoms with E-state index < -0.39 is 0 Å². The molecule has 0 saturated carbocycles. The predicted molar refractivity (Wildman–Crippen MR) is 70.6 cm³/mol. The number of rotatable bonds is 4. The first-order valence-corrected chi connectivity index (χ1v) is 5.55. The van der Waals surface area contributed by atoms with Crippen LogP contribution in [-0.2, 0) is 13.6 Å². The number of aromatic nitrogens is 3. The Hall–Kier alpha value is -2.37. The minimum atomic E-state index is -0.0216. The van der Waals surface area contributed by atoms with Gasteiger partial charge in [0.25, 0.3) is 0 Å². The van der Waals surface area contributed by atoms with Gasteiger partial charge < -0.3 is 10.6 Å². The van der Waals surface area contributed by atoms with E-state index in [0.717, 1.165) is 17.8 Å². The molecule has 3 N–H and O–H groups in total. The molecule has 0 aromatic carbocycles. The van der Waals surface area contributed by atoms with Crippen molar-refractivity contribution in [2.24, 2.45) is 12.8 Å². The number of nitrogens with one attached hydrogen (secondary N) is 1. The van der Waals surface area contributed by atoms with Gasteiger partial charge in [-0.1, -0.05) is 0 Å². The molecule has 0 bridgehead atoms. The van der Waals surface area contributed by atoms with Crippen LogP contribution in [0.2, 0.25) is 0 Å². The van der Waals surface area contributed by atoms with Crippen molar-refractivity contribution >= 4 is 11.5 Å². The van der Waals surface area contributed by atoms with E-state index in [1.54, 1.807) is 16.9 Å². The lowest BCUT2D eigenvalue weighted by Gasteiger charge is -2.18. The van der Waals surface area contributed by atoms with Crippen molar-refractivity contribution in [2.75, 3.05) is 11.9 Å². The molecular weight excluding hydrogens is 228 g/mol. The van der Waals surface area contributed by atoms with E-state index in [9.17, 15) is 0 Å². The molecule has 0 unspecified atom stereocenters. The number of aryl methyl sites for hydroxylation is 1. The van der Waals surface area contributed by atoms with Gasteiger partial charge in [-0.2, -0.15) is 5.10 Å². The number of nitrogen functional groups attached to an aromatic ring is 1. The van der Waals surface area contributed by atoms with Gasteiger partial charge in [-0.15, -0.1) is 0 Å². The number of nitrogens with zero attached hydrogens (tertiary/aromatic N) is 4. The van der Waals surface area contributed by atoms with Crippen molar-refractivity contribution in [1.29, 1.82) is 5.41 Å². The van der Waals surface area contributed by atoms with Gasteiger partial charge in [-0.3, -0.25) is 15.1 Å². The number of hydrogen-bond donors (Lipinski definition) is 2. The smallest absolute Gasteiger partial charge is 0.141 e. The van der Waals surface area contributed by atoms with Gasteiger partial charge in [0.05, 0.1) is 6.20 Å². The van der Waals surface area contributed by atoms with Crippen LogP contribution in [0.3, 0.4) is 0 Å². The molecule has 94 valence electrons. The number of hydrogen-bond acceptors (Lipinski definition) is 4. The summed E-state index contributed by atoms with van der Waals surface area (Å²) < 4.78 is 1.77. The topological polar surface area (TPSA) is 83.8 Å². The fourth-order valence-electron chi connectivity index (χ4n) is 1.72. The van der Waals surface area contributed by atoms with Crippen LogP contribution in [0.4, 0.5) is 5.69 Å². The van der Waals surface area contributed by atoms with E-state index in [1.165, 1.54) is 0 Å². The van der Waals surface area contributed by atoms with Crippen LogP contribution in [0.15, 0.2) is 30.7 Å². The van der Waals surface area contributed by atoms with Gasteiger partial charge in [0.2, 0.25) is 0 Å². The van der Waals surface area contributed by atoms with E-state index in [2.05, 4.69) is 15.0 Å². The molecule has 2 heterocycles. The molecule has 0 aliphatic heterocycles. The summed E-state index contributed by atoms with van der Waals surface area (Å²) in [7, 11) is 3.87. The van der Waals surface area contributed by atoms with Crippen molar-refractivity contribution in [1.82, 2.24) is 14.8 Å². The zero-order valence-corrected chi connectivity index (χ0v) is 10.5. The summed E-state index contributed by atoms with van der Waals surface area (Å²) in [5, 5.41) is 11.5. The molecular formula is C12H16N6. The maximum atomic E-state index is 7.38. The molecule has 2 aromatic rings. The summed E-state index contributed by atoms with van der Waals surface area (Å²) in [6.45, 7) is 0.745. The van der Waals surface area contributed by atoms with Crippen LogP contribution in [0.1, 0.15) is 11.3 Å². The molecule has 2 aromatic heterocycles. The zero-order chi connectivity index (χ0) is 13.1. The fourth-order valence-corrected chi connectivity index (χ4v) is 1.72. The summed E-state index contributed by atoms with van der Waals surface area (Å²) in [5.41, 5.74) is 8.02. The molecule has 0 fully saturated rings. The Balaban J connectivity index is 2.15. The maximum absolute atomic E-state index is 7.38. The van der Waals surface area contributed by atoms with E-state index in [4.69, 9.17) is 11.1 Å². The van der Waals surface area contributed by atoms with Crippen LogP contribution >= 0.6 is 0 Å². The van der Waals surface area contributed by atoms with Crippen molar-refractivity contribution in [3.05, 3.63) is 42.0 Å². The maximum Gasteiger partial charge on any atom is 0.141 e. The summed E-state index contributed by atoms with van der Waals surface area (Å²) in [6, 6.07) is 3.70. The number of anilines is 1. The van der Waals surface area contributed by atoms with Crippen LogP contribution in [-0.4, -0.2) is 27.6 Å². The zero-order valence-electron chi connectivity index (χ0n) is 10.5. The number of nitrogens with two attached hydrogens (primary N) is 1. The summed E-state index contributed by atoms with van der Waals surface area (Å²) in [4.78, 5) is 6.10.